The predicted molar refractivity (Wildman–Crippen MR) is 84.6 cm³/mol. The molecule has 4 fully saturated rings. The first-order valence-corrected chi connectivity index (χ1v) is 8.91. The molecule has 2 bridgehead atoms. The summed E-state index contributed by atoms with van der Waals surface area (Å²) in [5.74, 6) is 1.80. The number of ether oxygens (including phenoxy) is 2. The summed E-state index contributed by atoms with van der Waals surface area (Å²) in [6, 6.07) is 0. The quantitative estimate of drug-likeness (QED) is 0.734. The van der Waals surface area contributed by atoms with Crippen molar-refractivity contribution in [1.29, 1.82) is 0 Å². The van der Waals surface area contributed by atoms with Gasteiger partial charge in [0.25, 0.3) is 0 Å². The van der Waals surface area contributed by atoms with Crippen molar-refractivity contribution < 1.29 is 19.1 Å². The van der Waals surface area contributed by atoms with Gasteiger partial charge in [-0.3, -0.25) is 4.79 Å². The van der Waals surface area contributed by atoms with Crippen LogP contribution in [0.15, 0.2) is 12.2 Å². The molecule has 0 saturated heterocycles. The monoisotopic (exact) mass is 318 g/mol. The van der Waals surface area contributed by atoms with E-state index in [1.807, 2.05) is 6.08 Å². The summed E-state index contributed by atoms with van der Waals surface area (Å²) in [4.78, 5) is 23.5. The Morgan fingerprint density at radius 1 is 1.26 bits per heavy atom. The van der Waals surface area contributed by atoms with E-state index in [1.165, 1.54) is 12.5 Å². The van der Waals surface area contributed by atoms with Crippen LogP contribution in [-0.4, -0.2) is 29.6 Å². The minimum Gasteiger partial charge on any atom is -0.449 e. The summed E-state index contributed by atoms with van der Waals surface area (Å²) in [7, 11) is 0. The average molecular weight is 318 g/mol. The number of hydrogen-bond donors (Lipinski definition) is 0. The number of rotatable bonds is 2. The van der Waals surface area contributed by atoms with Crippen molar-refractivity contribution in [3.63, 3.8) is 0 Å². The van der Waals surface area contributed by atoms with Crippen molar-refractivity contribution in [2.24, 2.45) is 23.2 Å². The highest BCUT2D eigenvalue weighted by atomic mass is 16.6. The third-order valence-corrected chi connectivity index (χ3v) is 7.17. The minimum absolute atomic E-state index is 0.173. The molecule has 0 aromatic carbocycles. The van der Waals surface area contributed by atoms with E-state index < -0.39 is 5.60 Å². The number of carbonyl (C=O) groups is 2. The van der Waals surface area contributed by atoms with Crippen molar-refractivity contribution in [3.8, 4) is 0 Å². The molecule has 0 radical (unpaired) electrons. The smallest absolute Gasteiger partial charge is 0.331 e. The molecular weight excluding hydrogens is 292 g/mol. The minimum atomic E-state index is -0.706. The zero-order valence-corrected chi connectivity index (χ0v) is 14.2. The molecule has 5 aliphatic rings. The third-order valence-electron chi connectivity index (χ3n) is 7.17. The van der Waals surface area contributed by atoms with Crippen LogP contribution in [0, 0.1) is 23.2 Å². The Balaban J connectivity index is 1.52. The number of carbonyl (C=O) groups excluding carboxylic acids is 2. The molecule has 4 aliphatic carbocycles. The van der Waals surface area contributed by atoms with Gasteiger partial charge in [0.1, 0.15) is 11.9 Å². The molecular formula is C19H26O4. The lowest BCUT2D eigenvalue weighted by Gasteiger charge is -2.62. The maximum Gasteiger partial charge on any atom is 0.331 e. The van der Waals surface area contributed by atoms with Gasteiger partial charge in [-0.05, 0) is 42.1 Å². The van der Waals surface area contributed by atoms with Gasteiger partial charge in [-0.25, -0.2) is 4.79 Å². The second kappa shape index (κ2) is 4.92. The fourth-order valence-corrected chi connectivity index (χ4v) is 5.41. The molecule has 0 aromatic rings. The van der Waals surface area contributed by atoms with Crippen LogP contribution in [0.3, 0.4) is 0 Å². The van der Waals surface area contributed by atoms with Crippen LogP contribution >= 0.6 is 0 Å². The highest BCUT2D eigenvalue weighted by molar-refractivity contribution is 5.87. The maximum atomic E-state index is 11.9. The Kier molecular flexibility index (Phi) is 3.29. The van der Waals surface area contributed by atoms with E-state index in [-0.39, 0.29) is 24.0 Å². The maximum absolute atomic E-state index is 11.9. The van der Waals surface area contributed by atoms with E-state index in [1.54, 1.807) is 0 Å². The lowest BCUT2D eigenvalue weighted by molar-refractivity contribution is -0.216. The molecule has 126 valence electrons. The molecule has 4 nitrogen and oxygen atoms in total. The molecule has 4 heteroatoms. The molecule has 0 unspecified atom stereocenters. The van der Waals surface area contributed by atoms with E-state index in [2.05, 4.69) is 20.8 Å². The van der Waals surface area contributed by atoms with Crippen molar-refractivity contribution >= 4 is 11.8 Å². The van der Waals surface area contributed by atoms with Crippen LogP contribution in [0.2, 0.25) is 0 Å². The first kappa shape index (κ1) is 15.4. The lowest BCUT2D eigenvalue weighted by Crippen LogP contribution is -2.59. The highest BCUT2D eigenvalue weighted by Gasteiger charge is 2.58. The Hall–Kier alpha value is -1.16. The second-order valence-electron chi connectivity index (χ2n) is 8.57. The standard InChI is InChI=1S/C19H26O4/c1-11-14-8-12(18(14,2)3)9-15(11)22-16-10-13(20)4-6-19(16)7-5-17(21)23-19/h5,7,11-12,14-16H,4,6,8-10H2,1-3H3/t11-,12+,14-,15-,16-,19+/m0/s1. The van der Waals surface area contributed by atoms with Crippen LogP contribution in [-0.2, 0) is 19.1 Å². The number of esters is 1. The molecule has 1 heterocycles. The van der Waals surface area contributed by atoms with Crippen LogP contribution in [0.5, 0.6) is 0 Å². The topological polar surface area (TPSA) is 52.6 Å². The van der Waals surface area contributed by atoms with Crippen molar-refractivity contribution in [2.45, 2.75) is 70.7 Å². The van der Waals surface area contributed by atoms with Crippen molar-refractivity contribution in [3.05, 3.63) is 12.2 Å². The number of ketones is 1. The molecule has 5 rings (SSSR count). The summed E-state index contributed by atoms with van der Waals surface area (Å²) in [6.45, 7) is 7.01. The van der Waals surface area contributed by atoms with Crippen molar-refractivity contribution in [2.75, 3.05) is 0 Å². The molecule has 23 heavy (non-hydrogen) atoms. The summed E-state index contributed by atoms with van der Waals surface area (Å²) in [5.41, 5.74) is -0.291. The van der Waals surface area contributed by atoms with Gasteiger partial charge < -0.3 is 9.47 Å². The summed E-state index contributed by atoms with van der Waals surface area (Å²) < 4.78 is 12.0. The van der Waals surface area contributed by atoms with Gasteiger partial charge in [0, 0.05) is 25.3 Å². The van der Waals surface area contributed by atoms with E-state index >= 15 is 0 Å². The SMILES string of the molecule is C[C@@H]1[C@@H](O[C@H]2CC(=O)CC[C@@]23C=CC(=O)O3)C[C@H]2C[C@@H]1C2(C)C. The molecule has 6 atom stereocenters. The molecule has 4 saturated carbocycles. The van der Waals surface area contributed by atoms with Gasteiger partial charge in [0.15, 0.2) is 5.60 Å². The lowest BCUT2D eigenvalue weighted by atomic mass is 9.45. The van der Waals surface area contributed by atoms with Gasteiger partial charge in [0.05, 0.1) is 6.10 Å². The fraction of sp³-hybridized carbons (Fsp3) is 0.789. The number of Topliss-reactive ketones (excluding diaryl/α,β-unsaturated/α-hetero) is 1. The van der Waals surface area contributed by atoms with Gasteiger partial charge >= 0.3 is 5.97 Å². The van der Waals surface area contributed by atoms with Gasteiger partial charge in [-0.15, -0.1) is 0 Å². The van der Waals surface area contributed by atoms with Crippen LogP contribution in [0.4, 0.5) is 0 Å². The normalized spacial score (nSPS) is 47.5. The van der Waals surface area contributed by atoms with E-state index in [9.17, 15) is 9.59 Å². The third kappa shape index (κ3) is 2.21. The first-order valence-electron chi connectivity index (χ1n) is 8.91. The molecule has 1 aliphatic heterocycles. The number of hydrogen-bond acceptors (Lipinski definition) is 4. The number of fused-ring (bicyclic) bond motifs is 2. The summed E-state index contributed by atoms with van der Waals surface area (Å²) in [5, 5.41) is 0. The zero-order valence-electron chi connectivity index (χ0n) is 14.2. The van der Waals surface area contributed by atoms with Gasteiger partial charge in [-0.1, -0.05) is 20.8 Å². The zero-order chi connectivity index (χ0) is 16.4. The second-order valence-corrected chi connectivity index (χ2v) is 8.57. The molecule has 1 spiro atoms. The Morgan fingerprint density at radius 2 is 2.04 bits per heavy atom. The van der Waals surface area contributed by atoms with Crippen LogP contribution < -0.4 is 0 Å². The van der Waals surface area contributed by atoms with E-state index in [0.29, 0.717) is 42.4 Å². The summed E-state index contributed by atoms with van der Waals surface area (Å²) >= 11 is 0. The Labute approximate surface area is 137 Å². The molecule has 0 N–H and O–H groups in total. The fourth-order valence-electron chi connectivity index (χ4n) is 5.41. The van der Waals surface area contributed by atoms with E-state index in [0.717, 1.165) is 6.42 Å². The largest absolute Gasteiger partial charge is 0.449 e. The van der Waals surface area contributed by atoms with Crippen LogP contribution in [0.1, 0.15) is 52.9 Å². The molecule has 0 aromatic heterocycles. The van der Waals surface area contributed by atoms with Crippen molar-refractivity contribution in [1.82, 2.24) is 0 Å². The van der Waals surface area contributed by atoms with Gasteiger partial charge in [-0.2, -0.15) is 0 Å². The van der Waals surface area contributed by atoms with E-state index in [4.69, 9.17) is 9.47 Å². The van der Waals surface area contributed by atoms with Crippen LogP contribution in [0.25, 0.3) is 0 Å². The van der Waals surface area contributed by atoms with Gasteiger partial charge in [0.2, 0.25) is 0 Å². The Morgan fingerprint density at radius 3 is 2.65 bits per heavy atom. The highest BCUT2D eigenvalue weighted by Crippen LogP contribution is 2.62. The first-order chi connectivity index (χ1) is 10.8. The predicted octanol–water partition coefficient (Wildman–Crippen LogP) is 3.05. The molecule has 0 amide bonds. The summed E-state index contributed by atoms with van der Waals surface area (Å²) in [6.07, 6.45) is 6.91. The Bertz CT molecular complexity index is 578. The average Bonchev–Trinajstić information content (AvgIpc) is 2.87.